The summed E-state index contributed by atoms with van der Waals surface area (Å²) in [4.78, 5) is 15.2. The molecular formula is C11H10Cl2N2O2. The van der Waals surface area contributed by atoms with Gasteiger partial charge >= 0.3 is 5.97 Å². The Morgan fingerprint density at radius 2 is 2.12 bits per heavy atom. The van der Waals surface area contributed by atoms with E-state index < -0.39 is 5.97 Å². The summed E-state index contributed by atoms with van der Waals surface area (Å²) < 4.78 is 1.64. The van der Waals surface area contributed by atoms with E-state index in [1.165, 1.54) is 0 Å². The molecular weight excluding hydrogens is 263 g/mol. The molecule has 0 unspecified atom stereocenters. The van der Waals surface area contributed by atoms with Gasteiger partial charge in [-0.25, -0.2) is 9.78 Å². The summed E-state index contributed by atoms with van der Waals surface area (Å²) in [5.74, 6) is -1.06. The van der Waals surface area contributed by atoms with E-state index in [-0.39, 0.29) is 11.6 Å². The minimum absolute atomic E-state index is 0.00522. The van der Waals surface area contributed by atoms with Crippen LogP contribution in [0.15, 0.2) is 12.3 Å². The quantitative estimate of drug-likeness (QED) is 0.911. The summed E-state index contributed by atoms with van der Waals surface area (Å²) >= 11 is 11.9. The fourth-order valence-electron chi connectivity index (χ4n) is 1.80. The van der Waals surface area contributed by atoms with Crippen LogP contribution in [0.1, 0.15) is 35.9 Å². The van der Waals surface area contributed by atoms with Crippen molar-refractivity contribution in [2.24, 2.45) is 0 Å². The van der Waals surface area contributed by atoms with E-state index in [0.29, 0.717) is 21.4 Å². The number of pyridine rings is 1. The van der Waals surface area contributed by atoms with Gasteiger partial charge in [0, 0.05) is 6.20 Å². The maximum Gasteiger partial charge on any atom is 0.356 e. The van der Waals surface area contributed by atoms with Gasteiger partial charge in [0.25, 0.3) is 0 Å². The van der Waals surface area contributed by atoms with Gasteiger partial charge in [0.2, 0.25) is 0 Å². The first-order chi connectivity index (χ1) is 7.91. The van der Waals surface area contributed by atoms with Crippen molar-refractivity contribution in [3.05, 3.63) is 33.7 Å². The van der Waals surface area contributed by atoms with E-state index in [0.717, 1.165) is 0 Å². The van der Waals surface area contributed by atoms with Gasteiger partial charge in [-0.1, -0.05) is 37.0 Å². The predicted octanol–water partition coefficient (Wildman–Crippen LogP) is 3.46. The number of imidazole rings is 1. The largest absolute Gasteiger partial charge is 0.476 e. The lowest BCUT2D eigenvalue weighted by molar-refractivity contribution is 0.0689. The first-order valence-corrected chi connectivity index (χ1v) is 5.77. The lowest BCUT2D eigenvalue weighted by Gasteiger charge is -2.07. The third-order valence-electron chi connectivity index (χ3n) is 2.43. The minimum Gasteiger partial charge on any atom is -0.476 e. The third-order valence-corrected chi connectivity index (χ3v) is 2.91. The number of halogens is 2. The fraction of sp³-hybridized carbons (Fsp3) is 0.273. The molecule has 0 aliphatic heterocycles. The van der Waals surface area contributed by atoms with E-state index >= 15 is 0 Å². The number of hydrogen-bond donors (Lipinski definition) is 1. The first kappa shape index (κ1) is 12.2. The van der Waals surface area contributed by atoms with Crippen LogP contribution in [0.3, 0.4) is 0 Å². The van der Waals surface area contributed by atoms with Crippen LogP contribution < -0.4 is 0 Å². The highest BCUT2D eigenvalue weighted by Crippen LogP contribution is 2.28. The van der Waals surface area contributed by atoms with Gasteiger partial charge in [-0.2, -0.15) is 0 Å². The van der Waals surface area contributed by atoms with Crippen LogP contribution in [0.25, 0.3) is 5.65 Å². The lowest BCUT2D eigenvalue weighted by Crippen LogP contribution is -2.04. The number of carbonyl (C=O) groups is 1. The molecule has 0 aromatic carbocycles. The third kappa shape index (κ3) is 1.98. The minimum atomic E-state index is -1.07. The van der Waals surface area contributed by atoms with Crippen molar-refractivity contribution in [3.63, 3.8) is 0 Å². The van der Waals surface area contributed by atoms with Crippen LogP contribution in [0.4, 0.5) is 0 Å². The molecule has 0 spiro atoms. The summed E-state index contributed by atoms with van der Waals surface area (Å²) in [6, 6.07) is 1.54. The van der Waals surface area contributed by atoms with Gasteiger partial charge in [0.1, 0.15) is 0 Å². The van der Waals surface area contributed by atoms with Crippen molar-refractivity contribution >= 4 is 34.8 Å². The van der Waals surface area contributed by atoms with Crippen molar-refractivity contribution < 1.29 is 9.90 Å². The van der Waals surface area contributed by atoms with Crippen LogP contribution in [0, 0.1) is 0 Å². The Labute approximate surface area is 108 Å². The zero-order chi connectivity index (χ0) is 12.7. The molecule has 0 amide bonds. The number of hydrogen-bond acceptors (Lipinski definition) is 2. The molecule has 4 nitrogen and oxygen atoms in total. The monoisotopic (exact) mass is 272 g/mol. The standard InChI is InChI=1S/C11H10Cl2N2O2/c1-5(2)9-8(11(16)17)14-10-7(13)3-6(12)4-15(9)10/h3-5H,1-2H3,(H,16,17). The molecule has 0 fully saturated rings. The Bertz CT molecular complexity index is 605. The number of nitrogens with zero attached hydrogens (tertiary/aromatic N) is 2. The molecule has 90 valence electrons. The second-order valence-corrected chi connectivity index (χ2v) is 4.85. The van der Waals surface area contributed by atoms with E-state index in [1.807, 2.05) is 13.8 Å². The number of aromatic carboxylic acids is 1. The topological polar surface area (TPSA) is 54.6 Å². The molecule has 0 atom stereocenters. The zero-order valence-electron chi connectivity index (χ0n) is 9.24. The van der Waals surface area contributed by atoms with Crippen LogP contribution in [-0.4, -0.2) is 20.5 Å². The van der Waals surface area contributed by atoms with E-state index in [4.69, 9.17) is 28.3 Å². The van der Waals surface area contributed by atoms with Crippen LogP contribution >= 0.6 is 23.2 Å². The molecule has 0 aliphatic rings. The van der Waals surface area contributed by atoms with Crippen LogP contribution in [-0.2, 0) is 0 Å². The molecule has 0 bridgehead atoms. The highest BCUT2D eigenvalue weighted by molar-refractivity contribution is 6.36. The van der Waals surface area contributed by atoms with Gasteiger partial charge in [-0.05, 0) is 12.0 Å². The van der Waals surface area contributed by atoms with Gasteiger partial charge in [-0.3, -0.25) is 0 Å². The number of rotatable bonds is 2. The van der Waals surface area contributed by atoms with Gasteiger partial charge in [0.15, 0.2) is 11.3 Å². The van der Waals surface area contributed by atoms with E-state index in [2.05, 4.69) is 4.98 Å². The smallest absolute Gasteiger partial charge is 0.356 e. The Balaban J connectivity index is 2.90. The van der Waals surface area contributed by atoms with Crippen molar-refractivity contribution in [3.8, 4) is 0 Å². The van der Waals surface area contributed by atoms with Crippen LogP contribution in [0.2, 0.25) is 10.0 Å². The molecule has 0 aliphatic carbocycles. The maximum atomic E-state index is 11.1. The summed E-state index contributed by atoms with van der Waals surface area (Å²) in [5, 5.41) is 9.91. The normalized spacial score (nSPS) is 11.4. The molecule has 1 N–H and O–H groups in total. The number of carboxylic acid groups (broad SMARTS) is 1. The Hall–Kier alpha value is -1.26. The molecule has 2 heterocycles. The maximum absolute atomic E-state index is 11.1. The highest BCUT2D eigenvalue weighted by atomic mass is 35.5. The first-order valence-electron chi connectivity index (χ1n) is 5.02. The zero-order valence-corrected chi connectivity index (χ0v) is 10.7. The SMILES string of the molecule is CC(C)c1c(C(=O)O)nc2c(Cl)cc(Cl)cn12. The second-order valence-electron chi connectivity index (χ2n) is 4.01. The van der Waals surface area contributed by atoms with Crippen LogP contribution in [0.5, 0.6) is 0 Å². The molecule has 2 aromatic rings. The van der Waals surface area contributed by atoms with Crippen molar-refractivity contribution in [1.82, 2.24) is 9.38 Å². The Kier molecular flexibility index (Phi) is 3.02. The van der Waals surface area contributed by atoms with Crippen molar-refractivity contribution in [2.45, 2.75) is 19.8 Å². The molecule has 6 heteroatoms. The van der Waals surface area contributed by atoms with Gasteiger partial charge in [-0.15, -0.1) is 0 Å². The number of fused-ring (bicyclic) bond motifs is 1. The number of aromatic nitrogens is 2. The Morgan fingerprint density at radius 1 is 1.47 bits per heavy atom. The highest BCUT2D eigenvalue weighted by Gasteiger charge is 2.21. The summed E-state index contributed by atoms with van der Waals surface area (Å²) in [7, 11) is 0. The lowest BCUT2D eigenvalue weighted by atomic mass is 10.1. The predicted molar refractivity (Wildman–Crippen MR) is 66.3 cm³/mol. The Morgan fingerprint density at radius 3 is 2.65 bits per heavy atom. The fourth-order valence-corrected chi connectivity index (χ4v) is 2.31. The second kappa shape index (κ2) is 4.20. The van der Waals surface area contributed by atoms with Crippen molar-refractivity contribution in [2.75, 3.05) is 0 Å². The molecule has 0 radical (unpaired) electrons. The molecule has 17 heavy (non-hydrogen) atoms. The summed E-state index contributed by atoms with van der Waals surface area (Å²) in [5.41, 5.74) is 1.03. The van der Waals surface area contributed by atoms with E-state index in [9.17, 15) is 4.79 Å². The van der Waals surface area contributed by atoms with Gasteiger partial charge < -0.3 is 9.51 Å². The van der Waals surface area contributed by atoms with E-state index in [1.54, 1.807) is 16.7 Å². The van der Waals surface area contributed by atoms with Crippen molar-refractivity contribution in [1.29, 1.82) is 0 Å². The van der Waals surface area contributed by atoms with Gasteiger partial charge in [0.05, 0.1) is 15.7 Å². The average molecular weight is 273 g/mol. The molecule has 0 saturated carbocycles. The molecule has 2 rings (SSSR count). The number of carboxylic acids is 1. The molecule has 0 saturated heterocycles. The average Bonchev–Trinajstić information content (AvgIpc) is 2.56. The molecule has 2 aromatic heterocycles. The summed E-state index contributed by atoms with van der Waals surface area (Å²) in [6.07, 6.45) is 1.62. The summed E-state index contributed by atoms with van der Waals surface area (Å²) in [6.45, 7) is 3.79.